The van der Waals surface area contributed by atoms with Gasteiger partial charge in [-0.2, -0.15) is 0 Å². The van der Waals surface area contributed by atoms with Crippen LogP contribution >= 0.6 is 0 Å². The number of rotatable bonds is 9. The number of ether oxygens (including phenoxy) is 1. The minimum Gasteiger partial charge on any atom is -0.383 e. The average Bonchev–Trinajstić information content (AvgIpc) is 2.73. The third-order valence-electron chi connectivity index (χ3n) is 3.76. The van der Waals surface area contributed by atoms with E-state index in [1.54, 1.807) is 7.11 Å². The average molecular weight is 252 g/mol. The van der Waals surface area contributed by atoms with Crippen molar-refractivity contribution in [3.05, 3.63) is 23.5 Å². The zero-order valence-corrected chi connectivity index (χ0v) is 12.3. The second-order valence-corrected chi connectivity index (χ2v) is 4.93. The number of nitrogens with zero attached hydrogens (tertiary/aromatic N) is 1. The third-order valence-corrected chi connectivity index (χ3v) is 3.76. The Kier molecular flexibility index (Phi) is 7.06. The highest BCUT2D eigenvalue weighted by Crippen LogP contribution is 2.16. The highest BCUT2D eigenvalue weighted by atomic mass is 16.5. The van der Waals surface area contributed by atoms with Gasteiger partial charge in [-0.1, -0.05) is 26.7 Å². The molecule has 0 aliphatic rings. The molecule has 0 saturated carbocycles. The molecule has 0 saturated heterocycles. The molecule has 0 aromatic carbocycles. The van der Waals surface area contributed by atoms with Crippen LogP contribution in [0, 0.1) is 12.8 Å². The van der Waals surface area contributed by atoms with Gasteiger partial charge in [0.25, 0.3) is 0 Å². The SMILES string of the molecule is CCC(CC)Cn1ccc(CNCCOC)c1C. The molecule has 0 spiro atoms. The normalized spacial score (nSPS) is 11.4. The van der Waals surface area contributed by atoms with E-state index in [4.69, 9.17) is 4.74 Å². The van der Waals surface area contributed by atoms with Gasteiger partial charge in [0.15, 0.2) is 0 Å². The smallest absolute Gasteiger partial charge is 0.0587 e. The van der Waals surface area contributed by atoms with Crippen LogP contribution in [-0.2, 0) is 17.8 Å². The van der Waals surface area contributed by atoms with Gasteiger partial charge in [-0.15, -0.1) is 0 Å². The molecule has 1 rings (SSSR count). The molecule has 0 atom stereocenters. The van der Waals surface area contributed by atoms with Crippen LogP contribution < -0.4 is 5.32 Å². The van der Waals surface area contributed by atoms with Crippen molar-refractivity contribution in [1.82, 2.24) is 9.88 Å². The van der Waals surface area contributed by atoms with Crippen LogP contribution in [0.4, 0.5) is 0 Å². The van der Waals surface area contributed by atoms with Crippen molar-refractivity contribution in [3.63, 3.8) is 0 Å². The minimum absolute atomic E-state index is 0.771. The Bertz CT molecular complexity index is 329. The van der Waals surface area contributed by atoms with Crippen molar-refractivity contribution in [1.29, 1.82) is 0 Å². The van der Waals surface area contributed by atoms with Gasteiger partial charge in [0, 0.05) is 38.6 Å². The molecule has 0 aliphatic heterocycles. The summed E-state index contributed by atoms with van der Waals surface area (Å²) in [4.78, 5) is 0. The summed E-state index contributed by atoms with van der Waals surface area (Å²) in [7, 11) is 1.74. The van der Waals surface area contributed by atoms with Crippen LogP contribution in [0.3, 0.4) is 0 Å². The van der Waals surface area contributed by atoms with Crippen LogP contribution in [0.5, 0.6) is 0 Å². The second kappa shape index (κ2) is 8.33. The summed E-state index contributed by atoms with van der Waals surface area (Å²) < 4.78 is 7.42. The monoisotopic (exact) mass is 252 g/mol. The van der Waals surface area contributed by atoms with Crippen LogP contribution in [0.2, 0.25) is 0 Å². The highest BCUT2D eigenvalue weighted by Gasteiger charge is 2.08. The largest absolute Gasteiger partial charge is 0.383 e. The van der Waals surface area contributed by atoms with Crippen molar-refractivity contribution >= 4 is 0 Å². The summed E-state index contributed by atoms with van der Waals surface area (Å²) >= 11 is 0. The molecule has 0 radical (unpaired) electrons. The molecule has 0 aliphatic carbocycles. The molecular formula is C15H28N2O. The Balaban J connectivity index is 2.49. The van der Waals surface area contributed by atoms with E-state index in [9.17, 15) is 0 Å². The second-order valence-electron chi connectivity index (χ2n) is 4.93. The lowest BCUT2D eigenvalue weighted by molar-refractivity contribution is 0.199. The maximum atomic E-state index is 5.03. The van der Waals surface area contributed by atoms with E-state index in [2.05, 4.69) is 42.9 Å². The molecule has 3 heteroatoms. The van der Waals surface area contributed by atoms with Gasteiger partial charge in [-0.3, -0.25) is 0 Å². The Hall–Kier alpha value is -0.800. The molecule has 1 heterocycles. The molecule has 1 aromatic heterocycles. The molecule has 0 fully saturated rings. The Morgan fingerprint density at radius 3 is 2.67 bits per heavy atom. The van der Waals surface area contributed by atoms with Gasteiger partial charge in [-0.25, -0.2) is 0 Å². The third kappa shape index (κ3) is 4.46. The van der Waals surface area contributed by atoms with E-state index < -0.39 is 0 Å². The first-order chi connectivity index (χ1) is 8.72. The zero-order valence-electron chi connectivity index (χ0n) is 12.3. The van der Waals surface area contributed by atoms with E-state index in [-0.39, 0.29) is 0 Å². The van der Waals surface area contributed by atoms with Crippen molar-refractivity contribution in [3.8, 4) is 0 Å². The first-order valence-electron chi connectivity index (χ1n) is 7.07. The van der Waals surface area contributed by atoms with E-state index in [0.717, 1.165) is 32.2 Å². The maximum Gasteiger partial charge on any atom is 0.0587 e. The van der Waals surface area contributed by atoms with Gasteiger partial charge in [-0.05, 0) is 24.5 Å². The Labute approximate surface area is 112 Å². The molecule has 0 unspecified atom stereocenters. The van der Waals surface area contributed by atoms with Crippen LogP contribution in [0.1, 0.15) is 37.9 Å². The molecule has 1 N–H and O–H groups in total. The number of nitrogens with one attached hydrogen (secondary N) is 1. The van der Waals surface area contributed by atoms with Crippen LogP contribution in [0.15, 0.2) is 12.3 Å². The van der Waals surface area contributed by atoms with E-state index in [1.807, 2.05) is 0 Å². The van der Waals surface area contributed by atoms with Crippen LogP contribution in [-0.4, -0.2) is 24.8 Å². The standard InChI is InChI=1S/C15H28N2O/c1-5-14(6-2)12-17-9-7-15(13(17)3)11-16-8-10-18-4/h7,9,14,16H,5-6,8,10-12H2,1-4H3. The number of hydrogen-bond acceptors (Lipinski definition) is 2. The zero-order chi connectivity index (χ0) is 13.4. The fourth-order valence-corrected chi connectivity index (χ4v) is 2.20. The lowest BCUT2D eigenvalue weighted by Gasteiger charge is -2.15. The topological polar surface area (TPSA) is 26.2 Å². The Morgan fingerprint density at radius 2 is 2.06 bits per heavy atom. The van der Waals surface area contributed by atoms with Crippen molar-refractivity contribution < 1.29 is 4.74 Å². The van der Waals surface area contributed by atoms with E-state index in [1.165, 1.54) is 24.1 Å². The van der Waals surface area contributed by atoms with Gasteiger partial charge < -0.3 is 14.6 Å². The summed E-state index contributed by atoms with van der Waals surface area (Å²) in [5.41, 5.74) is 2.80. The minimum atomic E-state index is 0.771. The van der Waals surface area contributed by atoms with E-state index in [0.29, 0.717) is 0 Å². The summed E-state index contributed by atoms with van der Waals surface area (Å²) in [6.45, 7) is 10.5. The van der Waals surface area contributed by atoms with Crippen molar-refractivity contribution in [2.45, 2.75) is 46.7 Å². The number of methoxy groups -OCH3 is 1. The fourth-order valence-electron chi connectivity index (χ4n) is 2.20. The van der Waals surface area contributed by atoms with Gasteiger partial charge in [0.1, 0.15) is 0 Å². The summed E-state index contributed by atoms with van der Waals surface area (Å²) in [5, 5.41) is 3.40. The molecule has 18 heavy (non-hydrogen) atoms. The van der Waals surface area contributed by atoms with Crippen molar-refractivity contribution in [2.24, 2.45) is 5.92 Å². The summed E-state index contributed by atoms with van der Waals surface area (Å²) in [5.74, 6) is 0.797. The molecule has 0 amide bonds. The highest BCUT2D eigenvalue weighted by molar-refractivity contribution is 5.20. The predicted octanol–water partition coefficient (Wildman–Crippen LogP) is 2.97. The predicted molar refractivity (Wildman–Crippen MR) is 76.8 cm³/mol. The number of aromatic nitrogens is 1. The molecule has 104 valence electrons. The molecule has 3 nitrogen and oxygen atoms in total. The number of hydrogen-bond donors (Lipinski definition) is 1. The summed E-state index contributed by atoms with van der Waals surface area (Å²) in [6.07, 6.45) is 4.74. The fraction of sp³-hybridized carbons (Fsp3) is 0.733. The van der Waals surface area contributed by atoms with Gasteiger partial charge in [0.05, 0.1) is 6.61 Å². The lowest BCUT2D eigenvalue weighted by Crippen LogP contribution is -2.19. The quantitative estimate of drug-likeness (QED) is 0.684. The Morgan fingerprint density at radius 1 is 1.33 bits per heavy atom. The van der Waals surface area contributed by atoms with E-state index >= 15 is 0 Å². The first kappa shape index (κ1) is 15.3. The maximum absolute atomic E-state index is 5.03. The van der Waals surface area contributed by atoms with Crippen molar-refractivity contribution in [2.75, 3.05) is 20.3 Å². The van der Waals surface area contributed by atoms with Gasteiger partial charge in [0.2, 0.25) is 0 Å². The van der Waals surface area contributed by atoms with Gasteiger partial charge >= 0.3 is 0 Å². The lowest BCUT2D eigenvalue weighted by atomic mass is 10.0. The molecular weight excluding hydrogens is 224 g/mol. The molecule has 1 aromatic rings. The first-order valence-corrected chi connectivity index (χ1v) is 7.07. The molecule has 0 bridgehead atoms. The van der Waals surface area contributed by atoms with Crippen LogP contribution in [0.25, 0.3) is 0 Å². The summed E-state index contributed by atoms with van der Waals surface area (Å²) in [6, 6.07) is 2.23.